The van der Waals surface area contributed by atoms with Crippen molar-refractivity contribution in [1.82, 2.24) is 4.72 Å². The molecule has 0 saturated heterocycles. The van der Waals surface area contributed by atoms with E-state index in [0.29, 0.717) is 6.07 Å². The first kappa shape index (κ1) is 15.5. The lowest BCUT2D eigenvalue weighted by Gasteiger charge is -2.05. The molecule has 0 radical (unpaired) electrons. The fourth-order valence-electron chi connectivity index (χ4n) is 1.20. The topological polar surface area (TPSA) is 89.3 Å². The molecule has 0 aliphatic carbocycles. The molecule has 0 amide bonds. The Hall–Kier alpha value is -1.51. The summed E-state index contributed by atoms with van der Waals surface area (Å²) >= 11 is 5.35. The number of rotatable bonds is 6. The zero-order chi connectivity index (χ0) is 14.5. The molecule has 1 rings (SSSR count). The van der Waals surface area contributed by atoms with Gasteiger partial charge in [0.05, 0.1) is 11.0 Å². The summed E-state index contributed by atoms with van der Waals surface area (Å²) in [6.45, 7) is -0.0501. The molecule has 9 heteroatoms. The highest BCUT2D eigenvalue weighted by Crippen LogP contribution is 2.20. The monoisotopic (exact) mass is 308 g/mol. The SMILES string of the molecule is O=[N+]([O-])c1ccc(S(=O)(=O)NC/C=C/CCl)c(F)c1. The standard InChI is InChI=1S/C10H10ClFN2O4S/c11-5-1-2-6-13-19(17,18)10-4-3-8(14(15)16)7-9(10)12/h1-4,7,13H,5-6H2/b2-1+. The molecule has 0 bridgehead atoms. The van der Waals surface area contributed by atoms with Gasteiger partial charge in [0.25, 0.3) is 5.69 Å². The highest BCUT2D eigenvalue weighted by atomic mass is 35.5. The average Bonchev–Trinajstić information content (AvgIpc) is 2.34. The fourth-order valence-corrected chi connectivity index (χ4v) is 2.36. The van der Waals surface area contributed by atoms with E-state index >= 15 is 0 Å². The van der Waals surface area contributed by atoms with Gasteiger partial charge in [0.15, 0.2) is 0 Å². The van der Waals surface area contributed by atoms with Crippen LogP contribution in [0.2, 0.25) is 0 Å². The van der Waals surface area contributed by atoms with E-state index in [1.807, 2.05) is 0 Å². The van der Waals surface area contributed by atoms with Gasteiger partial charge in [-0.2, -0.15) is 0 Å². The smallest absolute Gasteiger partial charge is 0.258 e. The molecule has 0 spiro atoms. The predicted octanol–water partition coefficient (Wildman–Crippen LogP) is 1.81. The molecule has 0 fully saturated rings. The third kappa shape index (κ3) is 4.27. The van der Waals surface area contributed by atoms with Crippen LogP contribution < -0.4 is 4.72 Å². The Morgan fingerprint density at radius 1 is 1.42 bits per heavy atom. The van der Waals surface area contributed by atoms with Crippen molar-refractivity contribution in [2.45, 2.75) is 4.90 Å². The van der Waals surface area contributed by atoms with Gasteiger partial charge in [-0.15, -0.1) is 11.6 Å². The van der Waals surface area contributed by atoms with E-state index in [-0.39, 0.29) is 12.4 Å². The summed E-state index contributed by atoms with van der Waals surface area (Å²) in [6.07, 6.45) is 2.99. The Labute approximate surface area is 114 Å². The quantitative estimate of drug-likeness (QED) is 0.375. The number of alkyl halides is 1. The highest BCUT2D eigenvalue weighted by molar-refractivity contribution is 7.89. The number of nitro groups is 1. The van der Waals surface area contributed by atoms with Crippen molar-refractivity contribution in [3.05, 3.63) is 46.3 Å². The van der Waals surface area contributed by atoms with E-state index in [9.17, 15) is 22.9 Å². The lowest BCUT2D eigenvalue weighted by Crippen LogP contribution is -2.24. The van der Waals surface area contributed by atoms with E-state index in [0.717, 1.165) is 12.1 Å². The minimum Gasteiger partial charge on any atom is -0.258 e. The average molecular weight is 309 g/mol. The normalized spacial score (nSPS) is 11.9. The summed E-state index contributed by atoms with van der Waals surface area (Å²) in [7, 11) is -4.06. The number of non-ortho nitro benzene ring substituents is 1. The van der Waals surface area contributed by atoms with Gasteiger partial charge in [0, 0.05) is 18.5 Å². The van der Waals surface area contributed by atoms with Crippen molar-refractivity contribution in [2.24, 2.45) is 0 Å². The second-order valence-corrected chi connectivity index (χ2v) is 5.39. The Balaban J connectivity index is 2.96. The predicted molar refractivity (Wildman–Crippen MR) is 68.1 cm³/mol. The largest absolute Gasteiger partial charge is 0.272 e. The van der Waals surface area contributed by atoms with Crippen LogP contribution in [-0.4, -0.2) is 25.8 Å². The number of halogens is 2. The van der Waals surface area contributed by atoms with Gasteiger partial charge in [0.1, 0.15) is 10.7 Å². The van der Waals surface area contributed by atoms with E-state index in [1.54, 1.807) is 0 Å². The molecule has 0 aliphatic rings. The molecule has 104 valence electrons. The second-order valence-electron chi connectivity index (χ2n) is 3.35. The number of allylic oxidation sites excluding steroid dienone is 1. The number of hydrogen-bond acceptors (Lipinski definition) is 4. The van der Waals surface area contributed by atoms with Crippen LogP contribution in [0.15, 0.2) is 35.2 Å². The van der Waals surface area contributed by atoms with Crippen molar-refractivity contribution in [3.63, 3.8) is 0 Å². The van der Waals surface area contributed by atoms with Crippen LogP contribution in [0.1, 0.15) is 0 Å². The lowest BCUT2D eigenvalue weighted by molar-refractivity contribution is -0.385. The summed E-state index contributed by atoms with van der Waals surface area (Å²) < 4.78 is 39.1. The van der Waals surface area contributed by atoms with Crippen LogP contribution in [0.5, 0.6) is 0 Å². The minimum atomic E-state index is -4.06. The maximum atomic E-state index is 13.5. The van der Waals surface area contributed by atoms with Crippen LogP contribution in [0, 0.1) is 15.9 Å². The number of nitrogens with zero attached hydrogens (tertiary/aromatic N) is 1. The Bertz CT molecular complexity index is 604. The minimum absolute atomic E-state index is 0.0501. The van der Waals surface area contributed by atoms with Crippen molar-refractivity contribution >= 4 is 27.3 Å². The zero-order valence-corrected chi connectivity index (χ0v) is 11.1. The zero-order valence-electron chi connectivity index (χ0n) is 9.55. The number of nitro benzene ring substituents is 1. The van der Waals surface area contributed by atoms with Gasteiger partial charge in [-0.1, -0.05) is 12.2 Å². The first-order valence-corrected chi connectivity index (χ1v) is 7.05. The lowest BCUT2D eigenvalue weighted by atomic mass is 10.3. The Morgan fingerprint density at radius 2 is 2.11 bits per heavy atom. The van der Waals surface area contributed by atoms with Crippen LogP contribution in [-0.2, 0) is 10.0 Å². The fraction of sp³-hybridized carbons (Fsp3) is 0.200. The van der Waals surface area contributed by atoms with Gasteiger partial charge < -0.3 is 0 Å². The Kier molecular flexibility index (Phi) is 5.40. The Morgan fingerprint density at radius 3 is 2.63 bits per heavy atom. The molecule has 19 heavy (non-hydrogen) atoms. The van der Waals surface area contributed by atoms with Crippen LogP contribution in [0.4, 0.5) is 10.1 Å². The molecule has 0 heterocycles. The molecule has 1 aromatic rings. The van der Waals surface area contributed by atoms with Crippen LogP contribution >= 0.6 is 11.6 Å². The molecule has 1 aromatic carbocycles. The summed E-state index contributed by atoms with van der Waals surface area (Å²) in [5.41, 5.74) is -0.515. The van der Waals surface area contributed by atoms with E-state index in [2.05, 4.69) is 4.72 Å². The van der Waals surface area contributed by atoms with Crippen LogP contribution in [0.25, 0.3) is 0 Å². The van der Waals surface area contributed by atoms with E-state index in [4.69, 9.17) is 11.6 Å². The van der Waals surface area contributed by atoms with E-state index in [1.165, 1.54) is 12.2 Å². The summed E-state index contributed by atoms with van der Waals surface area (Å²) in [5.74, 6) is -0.948. The van der Waals surface area contributed by atoms with Gasteiger partial charge in [-0.25, -0.2) is 17.5 Å². The van der Waals surface area contributed by atoms with E-state index < -0.39 is 31.3 Å². The van der Waals surface area contributed by atoms with Crippen molar-refractivity contribution in [2.75, 3.05) is 12.4 Å². The molecule has 0 unspecified atom stereocenters. The summed E-state index contributed by atoms with van der Waals surface area (Å²) in [6, 6.07) is 2.33. The number of benzene rings is 1. The molecule has 0 saturated carbocycles. The molecular formula is C10H10ClFN2O4S. The third-order valence-electron chi connectivity index (χ3n) is 2.06. The first-order chi connectivity index (χ1) is 8.88. The number of hydrogen-bond donors (Lipinski definition) is 1. The van der Waals surface area contributed by atoms with Gasteiger partial charge in [-0.3, -0.25) is 10.1 Å². The number of sulfonamides is 1. The van der Waals surface area contributed by atoms with Crippen molar-refractivity contribution in [1.29, 1.82) is 0 Å². The first-order valence-electron chi connectivity index (χ1n) is 5.03. The summed E-state index contributed by atoms with van der Waals surface area (Å²) in [4.78, 5) is 8.96. The molecule has 0 atom stereocenters. The molecule has 6 nitrogen and oxygen atoms in total. The molecule has 0 aliphatic heterocycles. The summed E-state index contributed by atoms with van der Waals surface area (Å²) in [5, 5.41) is 10.4. The van der Waals surface area contributed by atoms with Gasteiger partial charge >= 0.3 is 0 Å². The molecule has 0 aromatic heterocycles. The van der Waals surface area contributed by atoms with Crippen LogP contribution in [0.3, 0.4) is 0 Å². The van der Waals surface area contributed by atoms with Gasteiger partial charge in [-0.05, 0) is 6.07 Å². The maximum absolute atomic E-state index is 13.5. The van der Waals surface area contributed by atoms with Gasteiger partial charge in [0.2, 0.25) is 10.0 Å². The maximum Gasteiger partial charge on any atom is 0.272 e. The molecular weight excluding hydrogens is 299 g/mol. The number of nitrogens with one attached hydrogen (secondary N) is 1. The second kappa shape index (κ2) is 6.60. The third-order valence-corrected chi connectivity index (χ3v) is 3.70. The van der Waals surface area contributed by atoms with Crippen molar-refractivity contribution < 1.29 is 17.7 Å². The molecule has 1 N–H and O–H groups in total. The highest BCUT2D eigenvalue weighted by Gasteiger charge is 2.20. The van der Waals surface area contributed by atoms with Crippen molar-refractivity contribution in [3.8, 4) is 0 Å².